The molecule has 76 valence electrons. The number of rotatable bonds is 0. The van der Waals surface area contributed by atoms with Crippen LogP contribution >= 0.6 is 23.2 Å². The van der Waals surface area contributed by atoms with Crippen LogP contribution in [0.3, 0.4) is 0 Å². The lowest BCUT2D eigenvalue weighted by Gasteiger charge is -2.25. The van der Waals surface area contributed by atoms with E-state index in [-0.39, 0.29) is 16.0 Å². The van der Waals surface area contributed by atoms with Crippen molar-refractivity contribution in [3.05, 3.63) is 27.5 Å². The maximum Gasteiger partial charge on any atom is 0.160 e. The van der Waals surface area contributed by atoms with Gasteiger partial charge in [0.1, 0.15) is 0 Å². The maximum atomic E-state index is 13.4. The molecular formula is C10H10Cl2FN. The smallest absolute Gasteiger partial charge is 0.160 e. The second-order valence-corrected chi connectivity index (χ2v) is 4.35. The molecule has 0 bridgehead atoms. The van der Waals surface area contributed by atoms with Crippen molar-refractivity contribution in [1.29, 1.82) is 0 Å². The number of hydrogen-bond acceptors (Lipinski definition) is 1. The number of fused-ring (bicyclic) bond motifs is 1. The number of benzene rings is 1. The lowest BCUT2D eigenvalue weighted by molar-refractivity contribution is 0.615. The average Bonchev–Trinajstić information content (AvgIpc) is 2.14. The molecule has 1 unspecified atom stereocenters. The Morgan fingerprint density at radius 1 is 1.50 bits per heavy atom. The van der Waals surface area contributed by atoms with Gasteiger partial charge in [0.05, 0.1) is 10.0 Å². The molecule has 4 heteroatoms. The van der Waals surface area contributed by atoms with E-state index in [1.807, 2.05) is 6.92 Å². The molecule has 1 heterocycles. The van der Waals surface area contributed by atoms with Crippen molar-refractivity contribution in [3.8, 4) is 0 Å². The summed E-state index contributed by atoms with van der Waals surface area (Å²) in [6.07, 6.45) is 0.966. The van der Waals surface area contributed by atoms with E-state index in [2.05, 4.69) is 5.32 Å². The lowest BCUT2D eigenvalue weighted by atomic mass is 9.92. The van der Waals surface area contributed by atoms with Gasteiger partial charge in [0, 0.05) is 12.2 Å². The molecule has 0 aromatic heterocycles. The molecule has 14 heavy (non-hydrogen) atoms. The molecule has 1 N–H and O–H groups in total. The first-order valence-corrected chi connectivity index (χ1v) is 5.28. The van der Waals surface area contributed by atoms with Crippen LogP contribution in [0.4, 0.5) is 10.1 Å². The monoisotopic (exact) mass is 233 g/mol. The zero-order chi connectivity index (χ0) is 10.3. The van der Waals surface area contributed by atoms with Gasteiger partial charge in [-0.05, 0) is 24.0 Å². The molecule has 1 atom stereocenters. The molecule has 1 aromatic rings. The molecule has 0 saturated carbocycles. The summed E-state index contributed by atoms with van der Waals surface area (Å²) in [5.74, 6) is -0.229. The molecule has 0 spiro atoms. The highest BCUT2D eigenvalue weighted by molar-refractivity contribution is 6.36. The second kappa shape index (κ2) is 3.59. The summed E-state index contributed by atoms with van der Waals surface area (Å²) in [6.45, 7) is 2.92. The quantitative estimate of drug-likeness (QED) is 0.667. The van der Waals surface area contributed by atoms with Crippen LogP contribution in [0.25, 0.3) is 0 Å². The van der Waals surface area contributed by atoms with Gasteiger partial charge in [-0.2, -0.15) is 0 Å². The van der Waals surface area contributed by atoms with Gasteiger partial charge in [0.25, 0.3) is 0 Å². The van der Waals surface area contributed by atoms with E-state index in [9.17, 15) is 4.39 Å². The van der Waals surface area contributed by atoms with Crippen LogP contribution in [-0.4, -0.2) is 6.54 Å². The Hall–Kier alpha value is -0.470. The summed E-state index contributed by atoms with van der Waals surface area (Å²) >= 11 is 11.6. The maximum absolute atomic E-state index is 13.4. The van der Waals surface area contributed by atoms with Crippen molar-refractivity contribution in [1.82, 2.24) is 0 Å². The lowest BCUT2D eigenvalue weighted by Crippen LogP contribution is -2.16. The molecule has 1 nitrogen and oxygen atoms in total. The fourth-order valence-corrected chi connectivity index (χ4v) is 2.45. The van der Waals surface area contributed by atoms with Gasteiger partial charge in [0.2, 0.25) is 0 Å². The van der Waals surface area contributed by atoms with E-state index in [0.717, 1.165) is 24.2 Å². The van der Waals surface area contributed by atoms with Gasteiger partial charge in [-0.15, -0.1) is 0 Å². The molecule has 2 rings (SSSR count). The predicted octanol–water partition coefficient (Wildman–Crippen LogP) is 4.05. The number of anilines is 1. The summed E-state index contributed by atoms with van der Waals surface area (Å²) in [7, 11) is 0. The highest BCUT2D eigenvalue weighted by atomic mass is 35.5. The summed E-state index contributed by atoms with van der Waals surface area (Å²) in [5.41, 5.74) is 1.71. The van der Waals surface area contributed by atoms with E-state index in [0.29, 0.717) is 0 Å². The third kappa shape index (κ3) is 1.47. The van der Waals surface area contributed by atoms with Gasteiger partial charge in [-0.25, -0.2) is 4.39 Å². The first kappa shape index (κ1) is 10.1. The first-order chi connectivity index (χ1) is 6.61. The van der Waals surface area contributed by atoms with Crippen LogP contribution in [0.2, 0.25) is 10.0 Å². The van der Waals surface area contributed by atoms with Crippen LogP contribution in [-0.2, 0) is 0 Å². The Morgan fingerprint density at radius 2 is 2.21 bits per heavy atom. The van der Waals surface area contributed by atoms with Crippen LogP contribution in [0.15, 0.2) is 6.07 Å². The van der Waals surface area contributed by atoms with Crippen LogP contribution in [0.1, 0.15) is 24.8 Å². The van der Waals surface area contributed by atoms with Crippen molar-refractivity contribution in [2.45, 2.75) is 19.3 Å². The highest BCUT2D eigenvalue weighted by Crippen LogP contribution is 2.40. The largest absolute Gasteiger partial charge is 0.385 e. The number of nitrogens with one attached hydrogen (secondary N) is 1. The fourth-order valence-electron chi connectivity index (χ4n) is 1.80. The summed E-state index contributed by atoms with van der Waals surface area (Å²) < 4.78 is 13.4. The van der Waals surface area contributed by atoms with Gasteiger partial charge in [0.15, 0.2) is 5.82 Å². The zero-order valence-corrected chi connectivity index (χ0v) is 9.21. The van der Waals surface area contributed by atoms with Crippen molar-refractivity contribution >= 4 is 28.9 Å². The fraction of sp³-hybridized carbons (Fsp3) is 0.400. The SMILES string of the molecule is CC1CCNc2cc(Cl)c(F)c(Cl)c21. The minimum absolute atomic E-state index is 0.0790. The first-order valence-electron chi connectivity index (χ1n) is 4.52. The molecule has 0 aliphatic carbocycles. The van der Waals surface area contributed by atoms with E-state index >= 15 is 0 Å². The zero-order valence-electron chi connectivity index (χ0n) is 7.70. The number of halogens is 3. The molecule has 0 radical (unpaired) electrons. The highest BCUT2D eigenvalue weighted by Gasteiger charge is 2.23. The van der Waals surface area contributed by atoms with Gasteiger partial charge in [-0.3, -0.25) is 0 Å². The molecular weight excluding hydrogens is 224 g/mol. The molecule has 1 aromatic carbocycles. The molecule has 0 amide bonds. The van der Waals surface area contributed by atoms with E-state index in [4.69, 9.17) is 23.2 Å². The van der Waals surface area contributed by atoms with Gasteiger partial charge < -0.3 is 5.32 Å². The van der Waals surface area contributed by atoms with Crippen LogP contribution in [0, 0.1) is 5.82 Å². The Kier molecular flexibility index (Phi) is 2.58. The van der Waals surface area contributed by atoms with E-state index in [1.54, 1.807) is 6.07 Å². The van der Waals surface area contributed by atoms with E-state index < -0.39 is 5.82 Å². The predicted molar refractivity (Wildman–Crippen MR) is 57.9 cm³/mol. The number of hydrogen-bond donors (Lipinski definition) is 1. The van der Waals surface area contributed by atoms with Crippen LogP contribution in [0.5, 0.6) is 0 Å². The topological polar surface area (TPSA) is 12.0 Å². The van der Waals surface area contributed by atoms with Gasteiger partial charge in [-0.1, -0.05) is 30.1 Å². The van der Waals surface area contributed by atoms with Crippen molar-refractivity contribution in [3.63, 3.8) is 0 Å². The molecule has 0 fully saturated rings. The Morgan fingerprint density at radius 3 is 2.93 bits per heavy atom. The van der Waals surface area contributed by atoms with Crippen LogP contribution < -0.4 is 5.32 Å². The molecule has 1 aliphatic heterocycles. The van der Waals surface area contributed by atoms with Crippen molar-refractivity contribution in [2.75, 3.05) is 11.9 Å². The Balaban J connectivity index is 2.64. The normalized spacial score (nSPS) is 20.1. The second-order valence-electron chi connectivity index (χ2n) is 3.56. The summed E-state index contributed by atoms with van der Waals surface area (Å²) in [6, 6.07) is 1.60. The molecule has 1 aliphatic rings. The standard InChI is InChI=1S/C10H10Cl2FN/c1-5-2-3-14-7-4-6(11)10(13)9(12)8(5)7/h4-5,14H,2-3H2,1H3. The van der Waals surface area contributed by atoms with Crippen molar-refractivity contribution < 1.29 is 4.39 Å². The van der Waals surface area contributed by atoms with Gasteiger partial charge >= 0.3 is 0 Å². The summed E-state index contributed by atoms with van der Waals surface area (Å²) in [4.78, 5) is 0. The minimum Gasteiger partial charge on any atom is -0.385 e. The third-order valence-electron chi connectivity index (χ3n) is 2.59. The Labute approximate surface area is 92.2 Å². The minimum atomic E-state index is -0.511. The molecule has 0 saturated heterocycles. The van der Waals surface area contributed by atoms with Crippen molar-refractivity contribution in [2.24, 2.45) is 0 Å². The third-order valence-corrected chi connectivity index (χ3v) is 3.23. The summed E-state index contributed by atoms with van der Waals surface area (Å²) in [5, 5.41) is 3.40. The van der Waals surface area contributed by atoms with E-state index in [1.165, 1.54) is 0 Å². The Bertz CT molecular complexity index is 379. The average molecular weight is 234 g/mol.